The average molecular weight is 515 g/mol. The minimum absolute atomic E-state index is 0.0799. The molecule has 0 saturated heterocycles. The van der Waals surface area contributed by atoms with Crippen molar-refractivity contribution >= 4 is 29.4 Å². The van der Waals surface area contributed by atoms with E-state index in [9.17, 15) is 14.4 Å². The van der Waals surface area contributed by atoms with Gasteiger partial charge in [-0.2, -0.15) is 0 Å². The number of nitrogens with zero attached hydrogens (tertiary/aromatic N) is 2. The predicted octanol–water partition coefficient (Wildman–Crippen LogP) is 3.53. The molecule has 1 aliphatic rings. The Morgan fingerprint density at radius 2 is 1.76 bits per heavy atom. The van der Waals surface area contributed by atoms with E-state index in [2.05, 4.69) is 4.99 Å². The van der Waals surface area contributed by atoms with Gasteiger partial charge in [0, 0.05) is 0 Å². The first kappa shape index (κ1) is 24.2. The van der Waals surface area contributed by atoms with Crippen LogP contribution in [-0.2, 0) is 9.53 Å². The van der Waals surface area contributed by atoms with Gasteiger partial charge in [-0.25, -0.2) is 14.6 Å². The van der Waals surface area contributed by atoms with E-state index in [0.717, 1.165) is 11.1 Å². The number of aromatic nitrogens is 1. The number of thiazole rings is 1. The Labute approximate surface area is 215 Å². The molecular formula is C28H22N2O6S. The number of furan rings is 1. The number of carbonyl (C=O) groups is 2. The molecule has 0 fully saturated rings. The average Bonchev–Trinajstić information content (AvgIpc) is 3.54. The molecule has 0 N–H and O–H groups in total. The van der Waals surface area contributed by atoms with Crippen molar-refractivity contribution in [3.8, 4) is 5.75 Å². The summed E-state index contributed by atoms with van der Waals surface area (Å²) in [6.45, 7) is 3.72. The molecule has 4 aromatic rings. The van der Waals surface area contributed by atoms with E-state index in [1.165, 1.54) is 35.3 Å². The van der Waals surface area contributed by atoms with Gasteiger partial charge < -0.3 is 13.9 Å². The second kappa shape index (κ2) is 9.87. The second-order valence-electron chi connectivity index (χ2n) is 8.42. The van der Waals surface area contributed by atoms with Crippen LogP contribution >= 0.6 is 11.3 Å². The summed E-state index contributed by atoms with van der Waals surface area (Å²) >= 11 is 1.26. The summed E-state index contributed by atoms with van der Waals surface area (Å²) in [6.07, 6.45) is 3.20. The van der Waals surface area contributed by atoms with E-state index in [1.54, 1.807) is 37.3 Å². The van der Waals surface area contributed by atoms with Crippen molar-refractivity contribution in [1.82, 2.24) is 4.57 Å². The normalized spacial score (nSPS) is 15.2. The molecule has 8 nitrogen and oxygen atoms in total. The van der Waals surface area contributed by atoms with Crippen LogP contribution in [0.1, 0.15) is 40.2 Å². The largest absolute Gasteiger partial charge is 0.466 e. The third-order valence-corrected chi connectivity index (χ3v) is 6.91. The standard InChI is InChI=1S/C28H22N2O6S/c1-16-6-8-18(9-7-16)15-22-25(31)30-24(23(27(33)34-3)17(2)29-28(30)37-22)19-10-12-20(13-11-19)36-26(32)21-5-4-14-35-21/h4-15,24H,1-3H3. The van der Waals surface area contributed by atoms with Gasteiger partial charge in [-0.1, -0.05) is 53.3 Å². The molecule has 0 bridgehead atoms. The molecule has 0 saturated carbocycles. The fourth-order valence-electron chi connectivity index (χ4n) is 4.09. The van der Waals surface area contributed by atoms with Crippen LogP contribution in [0.4, 0.5) is 0 Å². The maximum absolute atomic E-state index is 13.6. The molecule has 1 aliphatic heterocycles. The summed E-state index contributed by atoms with van der Waals surface area (Å²) < 4.78 is 17.5. The summed E-state index contributed by atoms with van der Waals surface area (Å²) in [5.74, 6) is -0.839. The third-order valence-electron chi connectivity index (χ3n) is 5.93. The molecule has 2 aromatic heterocycles. The lowest BCUT2D eigenvalue weighted by Crippen LogP contribution is -2.39. The lowest BCUT2D eigenvalue weighted by atomic mass is 9.96. The molecule has 1 unspecified atom stereocenters. The number of methoxy groups -OCH3 is 1. The number of hydrogen-bond donors (Lipinski definition) is 0. The van der Waals surface area contributed by atoms with Gasteiger partial charge in [-0.3, -0.25) is 9.36 Å². The van der Waals surface area contributed by atoms with Crippen molar-refractivity contribution in [3.63, 3.8) is 0 Å². The first-order chi connectivity index (χ1) is 17.9. The first-order valence-corrected chi connectivity index (χ1v) is 12.2. The highest BCUT2D eigenvalue weighted by Crippen LogP contribution is 2.31. The molecule has 0 aliphatic carbocycles. The van der Waals surface area contributed by atoms with Crippen molar-refractivity contribution in [2.75, 3.05) is 7.11 Å². The van der Waals surface area contributed by atoms with Gasteiger partial charge in [0.15, 0.2) is 4.80 Å². The zero-order valence-corrected chi connectivity index (χ0v) is 21.1. The Morgan fingerprint density at radius 3 is 2.41 bits per heavy atom. The number of carbonyl (C=O) groups excluding carboxylic acids is 2. The van der Waals surface area contributed by atoms with E-state index in [-0.39, 0.29) is 22.6 Å². The van der Waals surface area contributed by atoms with Crippen LogP contribution in [0.25, 0.3) is 6.08 Å². The van der Waals surface area contributed by atoms with Gasteiger partial charge in [0.05, 0.1) is 35.2 Å². The van der Waals surface area contributed by atoms with E-state index in [4.69, 9.17) is 13.9 Å². The van der Waals surface area contributed by atoms with Crippen molar-refractivity contribution in [3.05, 3.63) is 120 Å². The Bertz CT molecular complexity index is 1690. The molecule has 2 aromatic carbocycles. The van der Waals surface area contributed by atoms with Crippen molar-refractivity contribution in [2.45, 2.75) is 19.9 Å². The summed E-state index contributed by atoms with van der Waals surface area (Å²) in [6, 6.07) is 16.8. The Morgan fingerprint density at radius 1 is 1.03 bits per heavy atom. The smallest absolute Gasteiger partial charge is 0.379 e. The highest BCUT2D eigenvalue weighted by atomic mass is 32.1. The van der Waals surface area contributed by atoms with Crippen molar-refractivity contribution in [1.29, 1.82) is 0 Å². The molecule has 5 rings (SSSR count). The molecule has 9 heteroatoms. The van der Waals surface area contributed by atoms with Gasteiger partial charge in [0.25, 0.3) is 5.56 Å². The summed E-state index contributed by atoms with van der Waals surface area (Å²) in [5, 5.41) is 0. The van der Waals surface area contributed by atoms with Gasteiger partial charge in [0.2, 0.25) is 5.76 Å². The number of benzene rings is 2. The third kappa shape index (κ3) is 4.68. The number of rotatable bonds is 5. The van der Waals surface area contributed by atoms with Crippen LogP contribution in [0.3, 0.4) is 0 Å². The highest BCUT2D eigenvalue weighted by Gasteiger charge is 2.33. The van der Waals surface area contributed by atoms with Crippen molar-refractivity contribution < 1.29 is 23.5 Å². The van der Waals surface area contributed by atoms with Crippen LogP contribution in [0, 0.1) is 6.92 Å². The molecule has 0 spiro atoms. The Hall–Kier alpha value is -4.50. The van der Waals surface area contributed by atoms with E-state index < -0.39 is 18.0 Å². The summed E-state index contributed by atoms with van der Waals surface area (Å²) in [4.78, 5) is 43.7. The van der Waals surface area contributed by atoms with Crippen LogP contribution in [-0.4, -0.2) is 23.6 Å². The van der Waals surface area contributed by atoms with Gasteiger partial charge >= 0.3 is 11.9 Å². The number of hydrogen-bond acceptors (Lipinski definition) is 8. The maximum Gasteiger partial charge on any atom is 0.379 e. The number of esters is 2. The van der Waals surface area contributed by atoms with E-state index in [0.29, 0.717) is 20.6 Å². The molecule has 1 atom stereocenters. The predicted molar refractivity (Wildman–Crippen MR) is 137 cm³/mol. The SMILES string of the molecule is COC(=O)C1=C(C)N=c2sc(=Cc3ccc(C)cc3)c(=O)n2C1c1ccc(OC(=O)c2ccco2)cc1. The van der Waals surface area contributed by atoms with Crippen molar-refractivity contribution in [2.24, 2.45) is 4.99 Å². The summed E-state index contributed by atoms with van der Waals surface area (Å²) in [7, 11) is 1.29. The zero-order chi connectivity index (χ0) is 26.1. The number of aryl methyl sites for hydroxylation is 1. The Kier molecular flexibility index (Phi) is 6.45. The monoisotopic (exact) mass is 514 g/mol. The topological polar surface area (TPSA) is 100 Å². The van der Waals surface area contributed by atoms with Crippen LogP contribution < -0.4 is 19.6 Å². The summed E-state index contributed by atoms with van der Waals surface area (Å²) in [5.41, 5.74) is 3.10. The molecule has 186 valence electrons. The molecule has 0 amide bonds. The maximum atomic E-state index is 13.6. The van der Waals surface area contributed by atoms with Gasteiger partial charge in [-0.15, -0.1) is 0 Å². The van der Waals surface area contributed by atoms with Crippen LogP contribution in [0.5, 0.6) is 5.75 Å². The van der Waals surface area contributed by atoms with Crippen LogP contribution in [0.2, 0.25) is 0 Å². The first-order valence-electron chi connectivity index (χ1n) is 11.4. The molecule has 37 heavy (non-hydrogen) atoms. The number of fused-ring (bicyclic) bond motifs is 1. The number of ether oxygens (including phenoxy) is 2. The Balaban J connectivity index is 1.58. The van der Waals surface area contributed by atoms with Gasteiger partial charge in [0.1, 0.15) is 5.75 Å². The quantitative estimate of drug-likeness (QED) is 0.298. The minimum atomic E-state index is -0.765. The second-order valence-corrected chi connectivity index (χ2v) is 9.43. The number of allylic oxidation sites excluding steroid dienone is 1. The molecule has 3 heterocycles. The van der Waals surface area contributed by atoms with Crippen LogP contribution in [0.15, 0.2) is 92.4 Å². The minimum Gasteiger partial charge on any atom is -0.466 e. The lowest BCUT2D eigenvalue weighted by Gasteiger charge is -2.24. The van der Waals surface area contributed by atoms with Gasteiger partial charge in [-0.05, 0) is 55.3 Å². The zero-order valence-electron chi connectivity index (χ0n) is 20.3. The van der Waals surface area contributed by atoms with E-state index in [1.807, 2.05) is 37.3 Å². The van der Waals surface area contributed by atoms with E-state index >= 15 is 0 Å². The fraction of sp³-hybridized carbons (Fsp3) is 0.143. The highest BCUT2D eigenvalue weighted by molar-refractivity contribution is 7.07. The fourth-order valence-corrected chi connectivity index (χ4v) is 5.14. The molecule has 0 radical (unpaired) electrons. The molecular weight excluding hydrogens is 492 g/mol. The lowest BCUT2D eigenvalue weighted by molar-refractivity contribution is -0.136.